The Balaban J connectivity index is 1.97. The molecule has 16 heavy (non-hydrogen) atoms. The topological polar surface area (TPSA) is 35.2 Å². The van der Waals surface area contributed by atoms with Gasteiger partial charge in [0.05, 0.1) is 12.2 Å². The van der Waals surface area contributed by atoms with Crippen molar-refractivity contribution in [3.8, 4) is 0 Å². The van der Waals surface area contributed by atoms with Gasteiger partial charge < -0.3 is 10.5 Å². The minimum absolute atomic E-state index is 0.0490. The molecular formula is C14H21NO. The fourth-order valence-corrected chi connectivity index (χ4v) is 2.38. The first-order valence-electron chi connectivity index (χ1n) is 6.00. The Labute approximate surface area is 97.8 Å². The molecule has 0 aliphatic carbocycles. The lowest BCUT2D eigenvalue weighted by molar-refractivity contribution is -0.0844. The van der Waals surface area contributed by atoms with Crippen LogP contribution in [0.5, 0.6) is 0 Å². The molecule has 2 N–H and O–H groups in total. The van der Waals surface area contributed by atoms with E-state index in [1.807, 2.05) is 6.07 Å². The van der Waals surface area contributed by atoms with E-state index >= 15 is 0 Å². The van der Waals surface area contributed by atoms with Crippen molar-refractivity contribution in [3.63, 3.8) is 0 Å². The fourth-order valence-electron chi connectivity index (χ4n) is 2.38. The average Bonchev–Trinajstić information content (AvgIpc) is 2.23. The van der Waals surface area contributed by atoms with E-state index < -0.39 is 0 Å². The molecule has 2 heteroatoms. The van der Waals surface area contributed by atoms with Gasteiger partial charge in [0.2, 0.25) is 0 Å². The Morgan fingerprint density at radius 1 is 1.31 bits per heavy atom. The number of benzene rings is 1. The van der Waals surface area contributed by atoms with Crippen LogP contribution in [0.25, 0.3) is 0 Å². The molecule has 0 amide bonds. The quantitative estimate of drug-likeness (QED) is 0.828. The summed E-state index contributed by atoms with van der Waals surface area (Å²) < 4.78 is 5.84. The smallest absolute Gasteiger partial charge is 0.0641 e. The summed E-state index contributed by atoms with van der Waals surface area (Å²) in [6, 6.07) is 10.8. The molecule has 1 heterocycles. The van der Waals surface area contributed by atoms with Gasteiger partial charge in [-0.3, -0.25) is 0 Å². The van der Waals surface area contributed by atoms with Crippen LogP contribution in [0.1, 0.15) is 25.8 Å². The Morgan fingerprint density at radius 3 is 2.62 bits per heavy atom. The zero-order valence-corrected chi connectivity index (χ0v) is 10.1. The minimum Gasteiger partial charge on any atom is -0.375 e. The van der Waals surface area contributed by atoms with E-state index in [1.54, 1.807) is 0 Å². The summed E-state index contributed by atoms with van der Waals surface area (Å²) in [6.07, 6.45) is 1.97. The zero-order valence-electron chi connectivity index (χ0n) is 10.1. The van der Waals surface area contributed by atoms with E-state index in [0.717, 1.165) is 19.4 Å². The van der Waals surface area contributed by atoms with Crippen LogP contribution in [0, 0.1) is 5.92 Å². The zero-order chi connectivity index (χ0) is 11.6. The summed E-state index contributed by atoms with van der Waals surface area (Å²) in [5.74, 6) is 0.454. The van der Waals surface area contributed by atoms with Crippen molar-refractivity contribution in [2.45, 2.75) is 38.3 Å². The van der Waals surface area contributed by atoms with Crippen molar-refractivity contribution in [1.29, 1.82) is 0 Å². The van der Waals surface area contributed by atoms with Crippen LogP contribution in [0.2, 0.25) is 0 Å². The molecule has 1 fully saturated rings. The Bertz CT molecular complexity index is 334. The monoisotopic (exact) mass is 219 g/mol. The van der Waals surface area contributed by atoms with Crippen LogP contribution in [-0.2, 0) is 11.2 Å². The van der Waals surface area contributed by atoms with E-state index in [1.165, 1.54) is 5.56 Å². The molecule has 0 spiro atoms. The maximum Gasteiger partial charge on any atom is 0.0641 e. The van der Waals surface area contributed by atoms with Crippen LogP contribution in [0.4, 0.5) is 0 Å². The summed E-state index contributed by atoms with van der Waals surface area (Å²) in [6.45, 7) is 5.01. The summed E-state index contributed by atoms with van der Waals surface area (Å²) in [7, 11) is 0. The van der Waals surface area contributed by atoms with E-state index in [0.29, 0.717) is 5.92 Å². The van der Waals surface area contributed by atoms with Crippen LogP contribution in [0.3, 0.4) is 0 Å². The molecule has 2 rings (SSSR count). The van der Waals surface area contributed by atoms with Gasteiger partial charge in [-0.05, 0) is 32.3 Å². The van der Waals surface area contributed by atoms with Crippen molar-refractivity contribution < 1.29 is 4.74 Å². The predicted molar refractivity (Wildman–Crippen MR) is 66.3 cm³/mol. The number of ether oxygens (including phenoxy) is 1. The number of rotatable bonds is 2. The first-order valence-corrected chi connectivity index (χ1v) is 6.00. The third-order valence-corrected chi connectivity index (χ3v) is 3.36. The highest BCUT2D eigenvalue weighted by Crippen LogP contribution is 2.28. The van der Waals surface area contributed by atoms with E-state index in [-0.39, 0.29) is 11.6 Å². The highest BCUT2D eigenvalue weighted by molar-refractivity contribution is 5.16. The second-order valence-corrected chi connectivity index (χ2v) is 5.39. The lowest BCUT2D eigenvalue weighted by Crippen LogP contribution is -2.47. The molecule has 2 nitrogen and oxygen atoms in total. The van der Waals surface area contributed by atoms with Gasteiger partial charge in [0, 0.05) is 12.0 Å². The van der Waals surface area contributed by atoms with Crippen molar-refractivity contribution in [2.75, 3.05) is 6.61 Å². The lowest BCUT2D eigenvalue weighted by atomic mass is 9.84. The van der Waals surface area contributed by atoms with E-state index in [9.17, 15) is 0 Å². The van der Waals surface area contributed by atoms with Gasteiger partial charge in [-0.15, -0.1) is 0 Å². The molecule has 2 atom stereocenters. The maximum absolute atomic E-state index is 6.22. The van der Waals surface area contributed by atoms with Crippen LogP contribution in [-0.4, -0.2) is 18.2 Å². The van der Waals surface area contributed by atoms with Gasteiger partial charge >= 0.3 is 0 Å². The van der Waals surface area contributed by atoms with E-state index in [4.69, 9.17) is 10.5 Å². The molecule has 1 aromatic carbocycles. The Hall–Kier alpha value is -0.860. The highest BCUT2D eigenvalue weighted by atomic mass is 16.5. The molecule has 88 valence electrons. The Kier molecular flexibility index (Phi) is 3.31. The molecular weight excluding hydrogens is 198 g/mol. The van der Waals surface area contributed by atoms with E-state index in [2.05, 4.69) is 38.1 Å². The summed E-state index contributed by atoms with van der Waals surface area (Å²) >= 11 is 0. The lowest BCUT2D eigenvalue weighted by Gasteiger charge is -2.39. The van der Waals surface area contributed by atoms with Gasteiger partial charge in [0.15, 0.2) is 0 Å². The van der Waals surface area contributed by atoms with Gasteiger partial charge in [-0.2, -0.15) is 0 Å². The predicted octanol–water partition coefficient (Wildman–Crippen LogP) is 2.37. The average molecular weight is 219 g/mol. The van der Waals surface area contributed by atoms with Gasteiger partial charge in [0.1, 0.15) is 0 Å². The number of nitrogens with two attached hydrogens (primary N) is 1. The summed E-state index contributed by atoms with van der Waals surface area (Å²) in [5.41, 5.74) is 7.53. The SMILES string of the molecule is CC1(C)C[C@@H](N)[C@@H](Cc2ccccc2)CO1. The molecule has 1 aromatic rings. The third kappa shape index (κ3) is 2.83. The fraction of sp³-hybridized carbons (Fsp3) is 0.571. The number of hydrogen-bond acceptors (Lipinski definition) is 2. The summed E-state index contributed by atoms with van der Waals surface area (Å²) in [5, 5.41) is 0. The molecule has 0 bridgehead atoms. The second kappa shape index (κ2) is 4.56. The van der Waals surface area contributed by atoms with Crippen LogP contribution in [0.15, 0.2) is 30.3 Å². The largest absolute Gasteiger partial charge is 0.375 e. The Morgan fingerprint density at radius 2 is 2.00 bits per heavy atom. The molecule has 0 saturated carbocycles. The molecule has 0 radical (unpaired) electrons. The third-order valence-electron chi connectivity index (χ3n) is 3.36. The molecule has 1 saturated heterocycles. The van der Waals surface area contributed by atoms with Crippen molar-refractivity contribution >= 4 is 0 Å². The number of hydrogen-bond donors (Lipinski definition) is 1. The molecule has 1 aliphatic heterocycles. The first kappa shape index (κ1) is 11.6. The van der Waals surface area contributed by atoms with Gasteiger partial charge in [0.25, 0.3) is 0 Å². The molecule has 0 unspecified atom stereocenters. The van der Waals surface area contributed by atoms with Crippen molar-refractivity contribution in [2.24, 2.45) is 11.7 Å². The normalized spacial score (nSPS) is 28.9. The minimum atomic E-state index is -0.0490. The molecule has 0 aromatic heterocycles. The van der Waals surface area contributed by atoms with Crippen LogP contribution >= 0.6 is 0 Å². The van der Waals surface area contributed by atoms with Gasteiger partial charge in [-0.25, -0.2) is 0 Å². The van der Waals surface area contributed by atoms with Crippen LogP contribution < -0.4 is 5.73 Å². The standard InChI is InChI=1S/C14H21NO/c1-14(2)9-13(15)12(10-16-14)8-11-6-4-3-5-7-11/h3-7,12-13H,8-10,15H2,1-2H3/t12-,13+/m0/s1. The second-order valence-electron chi connectivity index (χ2n) is 5.39. The molecule has 1 aliphatic rings. The summed E-state index contributed by atoms with van der Waals surface area (Å²) in [4.78, 5) is 0. The first-order chi connectivity index (χ1) is 7.57. The van der Waals surface area contributed by atoms with Gasteiger partial charge in [-0.1, -0.05) is 30.3 Å². The maximum atomic E-state index is 6.22. The highest BCUT2D eigenvalue weighted by Gasteiger charge is 2.33. The van der Waals surface area contributed by atoms with Crippen molar-refractivity contribution in [3.05, 3.63) is 35.9 Å². The van der Waals surface area contributed by atoms with Crippen molar-refractivity contribution in [1.82, 2.24) is 0 Å².